The molecule has 26 heteroatoms. The number of nitrogens with one attached hydrogen (secondary N) is 1. The van der Waals surface area contributed by atoms with Crippen molar-refractivity contribution in [3.63, 3.8) is 0 Å². The van der Waals surface area contributed by atoms with Crippen molar-refractivity contribution < 1.29 is 115 Å². The second kappa shape index (κ2) is 15.7. The Kier molecular flexibility index (Phi) is 12.5. The van der Waals surface area contributed by atoms with Crippen molar-refractivity contribution in [2.24, 2.45) is 0 Å². The first-order valence-electron chi connectivity index (χ1n) is 14.1. The minimum absolute atomic E-state index is 0.396. The quantitative estimate of drug-likeness (QED) is 0.152. The summed E-state index contributed by atoms with van der Waals surface area (Å²) < 4.78 is 208. The largest absolute Gasteiger partial charge is 0.573 e. The number of alkyl halides is 15. The molecule has 0 aliphatic carbocycles. The Hall–Kier alpha value is -5.56. The molecule has 0 amide bonds. The molecule has 2 unspecified atom stereocenters. The van der Waals surface area contributed by atoms with Crippen LogP contribution in [-0.4, -0.2) is 83.2 Å². The van der Waals surface area contributed by atoms with E-state index in [1.54, 1.807) is 0 Å². The predicted octanol–water partition coefficient (Wildman–Crippen LogP) is 7.03. The Balaban J connectivity index is 0.00000106. The van der Waals surface area contributed by atoms with E-state index in [0.29, 0.717) is 36.4 Å². The summed E-state index contributed by atoms with van der Waals surface area (Å²) in [7, 11) is 0. The average Bonchev–Trinajstić information content (AvgIpc) is 2.98. The first kappa shape index (κ1) is 43.8. The first-order chi connectivity index (χ1) is 24.9. The van der Waals surface area contributed by atoms with Crippen LogP contribution in [0.15, 0.2) is 35.4 Å². The summed E-state index contributed by atoms with van der Waals surface area (Å²) in [6, 6.07) is 2.38. The summed E-state index contributed by atoms with van der Waals surface area (Å²) >= 11 is 0. The van der Waals surface area contributed by atoms with E-state index in [1.807, 2.05) is 0 Å². The van der Waals surface area contributed by atoms with Gasteiger partial charge in [0.25, 0.3) is 0 Å². The Morgan fingerprint density at radius 2 is 0.982 bits per heavy atom. The van der Waals surface area contributed by atoms with Crippen molar-refractivity contribution in [2.75, 3.05) is 6.54 Å². The summed E-state index contributed by atoms with van der Waals surface area (Å²) in [6.45, 7) is -1.11. The van der Waals surface area contributed by atoms with Gasteiger partial charge >= 0.3 is 49.2 Å². The summed E-state index contributed by atoms with van der Waals surface area (Å²) in [5, 5.41) is 28.1. The van der Waals surface area contributed by atoms with E-state index in [1.165, 1.54) is 0 Å². The van der Waals surface area contributed by atoms with Gasteiger partial charge in [0, 0.05) is 23.2 Å². The highest BCUT2D eigenvalue weighted by Gasteiger charge is 2.50. The number of carboxylic acids is 3. The molecule has 2 aromatic rings. The maximum Gasteiger partial charge on any atom is 0.573 e. The van der Waals surface area contributed by atoms with Gasteiger partial charge in [-0.2, -0.15) is 39.5 Å². The molecular formula is C29H18F15NO10. The topological polar surface area (TPSA) is 161 Å². The number of carboxylic acid groups (broad SMARTS) is 3. The fourth-order valence-corrected chi connectivity index (χ4v) is 4.70. The van der Waals surface area contributed by atoms with Gasteiger partial charge in [0.1, 0.15) is 23.0 Å². The molecule has 0 aromatic heterocycles. The lowest BCUT2D eigenvalue weighted by molar-refractivity contribution is -0.275. The van der Waals surface area contributed by atoms with Crippen LogP contribution in [0.1, 0.15) is 22.3 Å². The van der Waals surface area contributed by atoms with Crippen molar-refractivity contribution in [2.45, 2.75) is 56.4 Å². The van der Waals surface area contributed by atoms with Crippen LogP contribution in [0.25, 0.3) is 12.2 Å². The van der Waals surface area contributed by atoms with Crippen LogP contribution in [0.2, 0.25) is 0 Å². The molecule has 0 fully saturated rings. The fourth-order valence-electron chi connectivity index (χ4n) is 4.70. The van der Waals surface area contributed by atoms with Gasteiger partial charge in [-0.15, -0.1) is 26.3 Å². The highest BCUT2D eigenvalue weighted by Crippen LogP contribution is 2.44. The normalized spacial score (nSPS) is 17.1. The summed E-state index contributed by atoms with van der Waals surface area (Å²) in [4.78, 5) is 31.8. The van der Waals surface area contributed by atoms with E-state index in [-0.39, 0.29) is 0 Å². The number of rotatable bonds is 9. The lowest BCUT2D eigenvalue weighted by Gasteiger charge is -2.29. The zero-order chi connectivity index (χ0) is 42.1. The number of ether oxygens (including phenoxy) is 4. The Bertz CT molecular complexity index is 1740. The Morgan fingerprint density at radius 3 is 1.31 bits per heavy atom. The Labute approximate surface area is 294 Å². The molecule has 304 valence electrons. The van der Waals surface area contributed by atoms with Crippen LogP contribution in [0.3, 0.4) is 0 Å². The molecule has 0 saturated carbocycles. The zero-order valence-electron chi connectivity index (χ0n) is 26.1. The maximum absolute atomic E-state index is 13.6. The molecule has 2 heterocycles. The third-order valence-electron chi connectivity index (χ3n) is 6.68. The number of fused-ring (bicyclic) bond motifs is 2. The molecule has 0 saturated heterocycles. The van der Waals surface area contributed by atoms with Crippen molar-refractivity contribution in [3.8, 4) is 23.0 Å². The molecule has 11 nitrogen and oxygen atoms in total. The second-order valence-electron chi connectivity index (χ2n) is 10.7. The molecule has 4 N–H and O–H groups in total. The van der Waals surface area contributed by atoms with Crippen molar-refractivity contribution in [1.29, 1.82) is 0 Å². The van der Waals surface area contributed by atoms with Gasteiger partial charge in [0.15, 0.2) is 0 Å². The van der Waals surface area contributed by atoms with E-state index in [0.717, 1.165) is 0 Å². The van der Waals surface area contributed by atoms with Gasteiger partial charge in [-0.25, -0.2) is 14.4 Å². The van der Waals surface area contributed by atoms with E-state index < -0.39 is 137 Å². The molecule has 55 heavy (non-hydrogen) atoms. The van der Waals surface area contributed by atoms with Crippen LogP contribution in [-0.2, 0) is 27.3 Å². The molecule has 0 radical (unpaired) electrons. The third kappa shape index (κ3) is 12.0. The van der Waals surface area contributed by atoms with Crippen LogP contribution < -0.4 is 24.3 Å². The number of benzene rings is 2. The average molecular weight is 825 g/mol. The second-order valence-corrected chi connectivity index (χ2v) is 10.7. The molecule has 2 aliphatic heterocycles. The minimum atomic E-state index is -5.30. The van der Waals surface area contributed by atoms with Crippen molar-refractivity contribution >= 4 is 30.1 Å². The van der Waals surface area contributed by atoms with Gasteiger partial charge in [-0.05, 0) is 54.9 Å². The molecule has 4 rings (SSSR count). The third-order valence-corrected chi connectivity index (χ3v) is 6.68. The van der Waals surface area contributed by atoms with Crippen LogP contribution in [0.5, 0.6) is 23.0 Å². The van der Waals surface area contributed by atoms with E-state index in [4.69, 9.17) is 19.4 Å². The monoisotopic (exact) mass is 825 g/mol. The summed E-state index contributed by atoms with van der Waals surface area (Å²) in [5.41, 5.74) is -4.64. The van der Waals surface area contributed by atoms with Crippen LogP contribution in [0, 0.1) is 0 Å². The lowest BCUT2D eigenvalue weighted by Crippen LogP contribution is -2.40. The summed E-state index contributed by atoms with van der Waals surface area (Å²) in [6.07, 6.45) is -32.0. The molecular weight excluding hydrogens is 807 g/mol. The summed E-state index contributed by atoms with van der Waals surface area (Å²) in [5.74, 6) is -10.3. The molecule has 2 atom stereocenters. The maximum atomic E-state index is 13.6. The molecule has 2 aromatic carbocycles. The van der Waals surface area contributed by atoms with Crippen LogP contribution in [0.4, 0.5) is 65.9 Å². The number of carbonyl (C=O) groups is 3. The van der Waals surface area contributed by atoms with Gasteiger partial charge < -0.3 is 39.6 Å². The number of halogens is 15. The van der Waals surface area contributed by atoms with Gasteiger partial charge in [-0.3, -0.25) is 0 Å². The number of hydrogen-bond acceptors (Lipinski definition) is 8. The first-order valence-corrected chi connectivity index (χ1v) is 14.1. The van der Waals surface area contributed by atoms with Crippen molar-refractivity contribution in [1.82, 2.24) is 5.32 Å². The van der Waals surface area contributed by atoms with E-state index >= 15 is 0 Å². The van der Waals surface area contributed by atoms with E-state index in [2.05, 4.69) is 14.8 Å². The SMILES string of the molecule is O=C(O)C(F)(F)F.O=C(O)C1=Cc2cc(OC(F)(F)F)cc(CCNCc3cc(OC(F)(F)F)cc4c3OC(C(F)(F)F)C(C(=O)O)=C4)c2OC1C(F)(F)F. The Morgan fingerprint density at radius 1 is 0.618 bits per heavy atom. The van der Waals surface area contributed by atoms with E-state index in [9.17, 15) is 85.7 Å². The standard InChI is InChI=1S/C27H17F12NO8.C2HF3O2/c28-24(29,30)20-16(22(41)42)7-11-4-14(47-26(34,35)36)3-10(18(11)45-20)1-2-40-9-13-6-15(48-27(37,38)39)5-12-8-17(23(43)44)21(25(31,32)33)46-19(12)13;3-2(4,5)1(6)7/h3-8,20-21,40H,1-2,9H2,(H,41,42)(H,43,44);(H,6,7). The van der Waals surface area contributed by atoms with Gasteiger partial charge in [0.2, 0.25) is 12.2 Å². The fraction of sp³-hybridized carbons (Fsp3) is 0.345. The highest BCUT2D eigenvalue weighted by atomic mass is 19.4. The molecule has 0 spiro atoms. The molecule has 0 bridgehead atoms. The minimum Gasteiger partial charge on any atom is -0.478 e. The lowest BCUT2D eigenvalue weighted by atomic mass is 9.97. The number of aliphatic carboxylic acids is 3. The molecule has 2 aliphatic rings. The van der Waals surface area contributed by atoms with Gasteiger partial charge in [-0.1, -0.05) is 0 Å². The zero-order valence-corrected chi connectivity index (χ0v) is 26.1. The van der Waals surface area contributed by atoms with Crippen molar-refractivity contribution in [3.05, 3.63) is 57.7 Å². The number of hydrogen-bond donors (Lipinski definition) is 4. The predicted molar refractivity (Wildman–Crippen MR) is 148 cm³/mol. The smallest absolute Gasteiger partial charge is 0.478 e. The van der Waals surface area contributed by atoms with Crippen LogP contribution >= 0.6 is 0 Å². The highest BCUT2D eigenvalue weighted by molar-refractivity contribution is 5.96. The van der Waals surface area contributed by atoms with Gasteiger partial charge in [0.05, 0.1) is 11.1 Å².